The van der Waals surface area contributed by atoms with Gasteiger partial charge in [-0.2, -0.15) is 0 Å². The SMILES string of the molecule is Cc1cccc(C)c1[C@H](C)[C@@H](C)c1c(C)cccc1C. The Kier molecular flexibility index (Phi) is 4.32. The van der Waals surface area contributed by atoms with Crippen LogP contribution < -0.4 is 0 Å². The maximum absolute atomic E-state index is 2.37. The second-order valence-corrected chi connectivity index (χ2v) is 6.19. The third kappa shape index (κ3) is 2.65. The summed E-state index contributed by atoms with van der Waals surface area (Å²) in [6.07, 6.45) is 0. The summed E-state index contributed by atoms with van der Waals surface area (Å²) in [5, 5.41) is 0. The lowest BCUT2D eigenvalue weighted by atomic mass is 9.78. The molecule has 0 amide bonds. The first kappa shape index (κ1) is 14.8. The quantitative estimate of drug-likeness (QED) is 0.656. The molecular formula is C20H26. The van der Waals surface area contributed by atoms with E-state index in [1.165, 1.54) is 33.4 Å². The van der Waals surface area contributed by atoms with Crippen molar-refractivity contribution in [2.45, 2.75) is 53.4 Å². The van der Waals surface area contributed by atoms with Gasteiger partial charge in [-0.05, 0) is 72.9 Å². The van der Waals surface area contributed by atoms with E-state index < -0.39 is 0 Å². The lowest BCUT2D eigenvalue weighted by Gasteiger charge is -2.27. The maximum atomic E-state index is 2.37. The molecule has 0 unspecified atom stereocenters. The van der Waals surface area contributed by atoms with E-state index in [1.807, 2.05) is 0 Å². The summed E-state index contributed by atoms with van der Waals surface area (Å²) in [4.78, 5) is 0. The first-order chi connectivity index (χ1) is 9.43. The monoisotopic (exact) mass is 266 g/mol. The standard InChI is InChI=1S/C20H26/c1-13-9-7-10-14(2)19(13)17(5)18(6)20-15(3)11-8-12-16(20)4/h7-12,17-18H,1-6H3/t17-,18-/m1/s1. The second kappa shape index (κ2) is 5.83. The van der Waals surface area contributed by atoms with Crippen LogP contribution in [0.25, 0.3) is 0 Å². The fourth-order valence-corrected chi connectivity index (χ4v) is 3.59. The molecule has 0 nitrogen and oxygen atoms in total. The third-order valence-electron chi connectivity index (χ3n) is 4.74. The highest BCUT2D eigenvalue weighted by Crippen LogP contribution is 2.38. The van der Waals surface area contributed by atoms with Gasteiger partial charge in [0.05, 0.1) is 0 Å². The van der Waals surface area contributed by atoms with Crippen LogP contribution in [-0.4, -0.2) is 0 Å². The van der Waals surface area contributed by atoms with Crippen molar-refractivity contribution >= 4 is 0 Å². The van der Waals surface area contributed by atoms with Crippen LogP contribution in [0.4, 0.5) is 0 Å². The van der Waals surface area contributed by atoms with Crippen LogP contribution in [0, 0.1) is 27.7 Å². The van der Waals surface area contributed by atoms with Gasteiger partial charge in [-0.1, -0.05) is 50.2 Å². The first-order valence-electron chi connectivity index (χ1n) is 7.55. The summed E-state index contributed by atoms with van der Waals surface area (Å²) in [5.41, 5.74) is 8.68. The number of rotatable bonds is 3. The van der Waals surface area contributed by atoms with Crippen molar-refractivity contribution < 1.29 is 0 Å². The smallest absolute Gasteiger partial charge is 0.0119 e. The number of benzene rings is 2. The zero-order chi connectivity index (χ0) is 14.9. The molecule has 0 heterocycles. The van der Waals surface area contributed by atoms with Crippen molar-refractivity contribution in [1.82, 2.24) is 0 Å². The predicted molar refractivity (Wildman–Crippen MR) is 88.7 cm³/mol. The highest BCUT2D eigenvalue weighted by Gasteiger charge is 2.21. The molecule has 0 spiro atoms. The van der Waals surface area contributed by atoms with Crippen LogP contribution in [-0.2, 0) is 0 Å². The van der Waals surface area contributed by atoms with Gasteiger partial charge in [-0.3, -0.25) is 0 Å². The fraction of sp³-hybridized carbons (Fsp3) is 0.400. The molecule has 2 atom stereocenters. The summed E-state index contributed by atoms with van der Waals surface area (Å²) in [6.45, 7) is 13.7. The molecule has 2 aromatic rings. The van der Waals surface area contributed by atoms with Gasteiger partial charge in [0.15, 0.2) is 0 Å². The summed E-state index contributed by atoms with van der Waals surface area (Å²) in [6, 6.07) is 13.2. The summed E-state index contributed by atoms with van der Waals surface area (Å²) in [5.74, 6) is 1.08. The minimum Gasteiger partial charge on any atom is -0.0617 e. The van der Waals surface area contributed by atoms with Gasteiger partial charge >= 0.3 is 0 Å². The van der Waals surface area contributed by atoms with Gasteiger partial charge in [-0.15, -0.1) is 0 Å². The van der Waals surface area contributed by atoms with Gasteiger partial charge in [0.2, 0.25) is 0 Å². The van der Waals surface area contributed by atoms with Crippen LogP contribution in [0.2, 0.25) is 0 Å². The Morgan fingerprint density at radius 1 is 0.550 bits per heavy atom. The Labute approximate surface area is 123 Å². The van der Waals surface area contributed by atoms with Crippen molar-refractivity contribution in [2.24, 2.45) is 0 Å². The Bertz CT molecular complexity index is 511. The van der Waals surface area contributed by atoms with E-state index in [-0.39, 0.29) is 0 Å². The zero-order valence-electron chi connectivity index (χ0n) is 13.6. The fourth-order valence-electron chi connectivity index (χ4n) is 3.59. The Morgan fingerprint density at radius 3 is 1.05 bits per heavy atom. The van der Waals surface area contributed by atoms with E-state index in [1.54, 1.807) is 0 Å². The molecule has 0 aliphatic carbocycles. The predicted octanol–water partition coefficient (Wildman–Crippen LogP) is 5.83. The van der Waals surface area contributed by atoms with Crippen LogP contribution in [0.3, 0.4) is 0 Å². The van der Waals surface area contributed by atoms with Crippen LogP contribution in [0.5, 0.6) is 0 Å². The molecule has 0 aromatic heterocycles. The molecule has 0 saturated carbocycles. The van der Waals surface area contributed by atoms with Crippen LogP contribution >= 0.6 is 0 Å². The minimum atomic E-state index is 0.538. The normalized spacial score (nSPS) is 14.1. The van der Waals surface area contributed by atoms with Crippen molar-refractivity contribution in [3.63, 3.8) is 0 Å². The molecule has 2 aromatic carbocycles. The lowest BCUT2D eigenvalue weighted by Crippen LogP contribution is -2.10. The summed E-state index contributed by atoms with van der Waals surface area (Å²) < 4.78 is 0. The van der Waals surface area contributed by atoms with Crippen molar-refractivity contribution in [1.29, 1.82) is 0 Å². The van der Waals surface area contributed by atoms with E-state index in [0.717, 1.165) is 0 Å². The van der Waals surface area contributed by atoms with Gasteiger partial charge in [0.25, 0.3) is 0 Å². The Balaban J connectivity index is 2.46. The van der Waals surface area contributed by atoms with Crippen molar-refractivity contribution in [3.8, 4) is 0 Å². The lowest BCUT2D eigenvalue weighted by molar-refractivity contribution is 0.611. The number of hydrogen-bond acceptors (Lipinski definition) is 0. The zero-order valence-corrected chi connectivity index (χ0v) is 13.6. The van der Waals surface area contributed by atoms with E-state index in [9.17, 15) is 0 Å². The molecule has 0 aliphatic rings. The van der Waals surface area contributed by atoms with E-state index in [0.29, 0.717) is 11.8 Å². The first-order valence-corrected chi connectivity index (χ1v) is 7.55. The average molecular weight is 266 g/mol. The molecule has 0 bridgehead atoms. The molecule has 0 radical (unpaired) electrons. The largest absolute Gasteiger partial charge is 0.0617 e. The maximum Gasteiger partial charge on any atom is -0.0119 e. The second-order valence-electron chi connectivity index (χ2n) is 6.19. The van der Waals surface area contributed by atoms with Crippen molar-refractivity contribution in [3.05, 3.63) is 69.8 Å². The number of aryl methyl sites for hydroxylation is 4. The highest BCUT2D eigenvalue weighted by molar-refractivity contribution is 5.42. The van der Waals surface area contributed by atoms with Gasteiger partial charge in [0, 0.05) is 0 Å². The molecule has 0 fully saturated rings. The van der Waals surface area contributed by atoms with Gasteiger partial charge in [-0.25, -0.2) is 0 Å². The summed E-state index contributed by atoms with van der Waals surface area (Å²) in [7, 11) is 0. The molecular weight excluding hydrogens is 240 g/mol. The average Bonchev–Trinajstić information content (AvgIpc) is 2.37. The Hall–Kier alpha value is -1.56. The molecule has 20 heavy (non-hydrogen) atoms. The third-order valence-corrected chi connectivity index (χ3v) is 4.74. The molecule has 0 heteroatoms. The van der Waals surface area contributed by atoms with Gasteiger partial charge in [0.1, 0.15) is 0 Å². The van der Waals surface area contributed by atoms with Crippen molar-refractivity contribution in [2.75, 3.05) is 0 Å². The molecule has 0 aliphatic heterocycles. The van der Waals surface area contributed by atoms with Crippen LogP contribution in [0.1, 0.15) is 59.1 Å². The van der Waals surface area contributed by atoms with Gasteiger partial charge < -0.3 is 0 Å². The molecule has 106 valence electrons. The molecule has 0 saturated heterocycles. The van der Waals surface area contributed by atoms with E-state index in [4.69, 9.17) is 0 Å². The van der Waals surface area contributed by atoms with E-state index >= 15 is 0 Å². The molecule has 2 rings (SSSR count). The van der Waals surface area contributed by atoms with E-state index in [2.05, 4.69) is 77.9 Å². The Morgan fingerprint density at radius 2 is 0.800 bits per heavy atom. The summed E-state index contributed by atoms with van der Waals surface area (Å²) >= 11 is 0. The highest BCUT2D eigenvalue weighted by atomic mass is 14.3. The van der Waals surface area contributed by atoms with Crippen LogP contribution in [0.15, 0.2) is 36.4 Å². The molecule has 0 N–H and O–H groups in total. The number of hydrogen-bond donors (Lipinski definition) is 0. The topological polar surface area (TPSA) is 0 Å². The minimum absolute atomic E-state index is 0.538.